The summed E-state index contributed by atoms with van der Waals surface area (Å²) in [7, 11) is 0. The maximum atomic E-state index is 2.48. The fourth-order valence-corrected chi connectivity index (χ4v) is 11.0. The van der Waals surface area contributed by atoms with Crippen LogP contribution in [0, 0.1) is 0 Å². The highest BCUT2D eigenvalue weighted by molar-refractivity contribution is 7.26. The highest BCUT2D eigenvalue weighted by Crippen LogP contribution is 2.54. The smallest absolute Gasteiger partial charge is 0.0543 e. The molecule has 0 fully saturated rings. The molecular weight excluding hydrogens is 667 g/mol. The maximum Gasteiger partial charge on any atom is 0.0543 e. The minimum absolute atomic E-state index is 0.0809. The first-order valence-electron chi connectivity index (χ1n) is 17.9. The summed E-state index contributed by atoms with van der Waals surface area (Å²) < 4.78 is 5.35. The van der Waals surface area contributed by atoms with E-state index in [0.717, 1.165) is 11.4 Å². The normalized spacial score (nSPS) is 13.3. The number of anilines is 3. The number of hydrogen-bond donors (Lipinski definition) is 0. The predicted octanol–water partition coefficient (Wildman–Crippen LogP) is 15.0. The van der Waals surface area contributed by atoms with Gasteiger partial charge in [-0.3, -0.25) is 0 Å². The predicted molar refractivity (Wildman–Crippen MR) is 227 cm³/mol. The third-order valence-corrected chi connectivity index (χ3v) is 13.6. The average Bonchev–Trinajstić information content (AvgIpc) is 3.83. The average molecular weight is 700 g/mol. The van der Waals surface area contributed by atoms with Gasteiger partial charge in [0, 0.05) is 62.7 Å². The second-order valence-corrected chi connectivity index (χ2v) is 16.6. The van der Waals surface area contributed by atoms with Crippen LogP contribution in [0.25, 0.3) is 73.4 Å². The van der Waals surface area contributed by atoms with Gasteiger partial charge in [0.2, 0.25) is 0 Å². The van der Waals surface area contributed by atoms with Crippen LogP contribution in [0.2, 0.25) is 0 Å². The van der Waals surface area contributed by atoms with Crippen molar-refractivity contribution in [2.24, 2.45) is 0 Å². The van der Waals surface area contributed by atoms with E-state index in [0.29, 0.717) is 0 Å². The van der Waals surface area contributed by atoms with Gasteiger partial charge in [-0.1, -0.05) is 123 Å². The Morgan fingerprint density at radius 3 is 1.94 bits per heavy atom. The van der Waals surface area contributed by atoms with E-state index in [-0.39, 0.29) is 5.41 Å². The third kappa shape index (κ3) is 4.33. The third-order valence-electron chi connectivity index (χ3n) is 11.3. The molecule has 0 spiro atoms. The molecule has 0 atom stereocenters. The summed E-state index contributed by atoms with van der Waals surface area (Å²) in [4.78, 5) is 2.48. The van der Waals surface area contributed by atoms with Crippen molar-refractivity contribution in [3.05, 3.63) is 175 Å². The molecule has 2 aromatic heterocycles. The van der Waals surface area contributed by atoms with Gasteiger partial charge in [0.1, 0.15) is 0 Å². The Morgan fingerprint density at radius 1 is 0.442 bits per heavy atom. The number of rotatable bonds is 4. The summed E-state index contributed by atoms with van der Waals surface area (Å²) in [5, 5.41) is 7.90. The van der Waals surface area contributed by atoms with E-state index in [9.17, 15) is 0 Å². The topological polar surface area (TPSA) is 3.24 Å². The largest absolute Gasteiger partial charge is 0.310 e. The minimum atomic E-state index is -0.0809. The maximum absolute atomic E-state index is 2.48. The summed E-state index contributed by atoms with van der Waals surface area (Å²) in [6.45, 7) is 4.72. The summed E-state index contributed by atoms with van der Waals surface area (Å²) >= 11 is 3.76. The molecule has 11 rings (SSSR count). The molecule has 1 nitrogen and oxygen atoms in total. The van der Waals surface area contributed by atoms with Crippen LogP contribution in [0.3, 0.4) is 0 Å². The summed E-state index contributed by atoms with van der Waals surface area (Å²) in [5.74, 6) is 0. The van der Waals surface area contributed by atoms with E-state index in [1.54, 1.807) is 0 Å². The van der Waals surface area contributed by atoms with E-state index in [1.165, 1.54) is 90.2 Å². The minimum Gasteiger partial charge on any atom is -0.310 e. The van der Waals surface area contributed by atoms with Crippen molar-refractivity contribution in [1.29, 1.82) is 0 Å². The first-order valence-corrected chi connectivity index (χ1v) is 19.6. The van der Waals surface area contributed by atoms with E-state index in [4.69, 9.17) is 0 Å². The SMILES string of the molecule is CC1(C)c2ccccc2-c2c(N(c3ccc(-c4ccc5c(ccc6c7ccccc7sc56)c4)cc3)c3ccc4sc5ccccc5c4c3)cccc21. The van der Waals surface area contributed by atoms with Crippen LogP contribution >= 0.6 is 22.7 Å². The van der Waals surface area contributed by atoms with Crippen LogP contribution < -0.4 is 4.90 Å². The monoisotopic (exact) mass is 699 g/mol. The molecule has 0 N–H and O–H groups in total. The second kappa shape index (κ2) is 11.1. The van der Waals surface area contributed by atoms with Crippen molar-refractivity contribution in [3.8, 4) is 22.3 Å². The van der Waals surface area contributed by atoms with Crippen molar-refractivity contribution >= 4 is 90.9 Å². The molecule has 10 aromatic rings. The second-order valence-electron chi connectivity index (χ2n) is 14.5. The molecule has 0 amide bonds. The van der Waals surface area contributed by atoms with Crippen LogP contribution in [0.1, 0.15) is 25.0 Å². The first-order chi connectivity index (χ1) is 25.5. The Balaban J connectivity index is 1.07. The van der Waals surface area contributed by atoms with Gasteiger partial charge in [-0.05, 0) is 93.2 Å². The quantitative estimate of drug-likeness (QED) is 0.177. The summed E-state index contributed by atoms with van der Waals surface area (Å²) in [6.07, 6.45) is 0. The van der Waals surface area contributed by atoms with Crippen LogP contribution in [0.5, 0.6) is 0 Å². The Bertz CT molecular complexity index is 3050. The van der Waals surface area contributed by atoms with Crippen molar-refractivity contribution in [2.75, 3.05) is 4.90 Å². The van der Waals surface area contributed by atoms with Crippen LogP contribution in [-0.2, 0) is 5.41 Å². The zero-order valence-corrected chi connectivity index (χ0v) is 30.5. The lowest BCUT2D eigenvalue weighted by molar-refractivity contribution is 0.660. The van der Waals surface area contributed by atoms with Gasteiger partial charge in [0.25, 0.3) is 0 Å². The lowest BCUT2D eigenvalue weighted by atomic mass is 9.82. The van der Waals surface area contributed by atoms with Gasteiger partial charge in [-0.15, -0.1) is 22.7 Å². The molecule has 246 valence electrons. The lowest BCUT2D eigenvalue weighted by Gasteiger charge is -2.29. The molecule has 1 aliphatic carbocycles. The zero-order valence-electron chi connectivity index (χ0n) is 28.9. The van der Waals surface area contributed by atoms with E-state index in [2.05, 4.69) is 183 Å². The molecule has 0 saturated carbocycles. The molecule has 0 aliphatic heterocycles. The Kier molecular flexibility index (Phi) is 6.41. The molecule has 52 heavy (non-hydrogen) atoms. The Labute approximate surface area is 310 Å². The molecule has 1 aliphatic rings. The van der Waals surface area contributed by atoms with Crippen LogP contribution in [-0.4, -0.2) is 0 Å². The van der Waals surface area contributed by atoms with Crippen LogP contribution in [0.15, 0.2) is 164 Å². The highest BCUT2D eigenvalue weighted by Gasteiger charge is 2.37. The fourth-order valence-electron chi connectivity index (χ4n) is 8.70. The van der Waals surface area contributed by atoms with E-state index < -0.39 is 0 Å². The Morgan fingerprint density at radius 2 is 1.10 bits per heavy atom. The molecule has 0 bridgehead atoms. The molecular formula is C49H33NS2. The van der Waals surface area contributed by atoms with E-state index >= 15 is 0 Å². The van der Waals surface area contributed by atoms with Gasteiger partial charge in [0.15, 0.2) is 0 Å². The van der Waals surface area contributed by atoms with Crippen molar-refractivity contribution < 1.29 is 0 Å². The molecule has 0 radical (unpaired) electrons. The summed E-state index contributed by atoms with van der Waals surface area (Å²) in [5.41, 5.74) is 11.3. The standard InChI is InChI=1S/C49H33NS2/c1-49(2)41-13-6-3-12-39(41)47-42(49)14-9-15-43(47)50(34-24-27-46-40(29-34)37-11-5-7-16-44(37)51-46)33-22-18-30(19-23-33)31-20-25-35-32(28-31)21-26-38-36-10-4-8-17-45(36)52-48(35)38/h3-29H,1-2H3. The molecule has 2 heterocycles. The van der Waals surface area contributed by atoms with Crippen LogP contribution in [0.4, 0.5) is 17.1 Å². The van der Waals surface area contributed by atoms with Gasteiger partial charge in [0.05, 0.1) is 5.69 Å². The summed E-state index contributed by atoms with van der Waals surface area (Å²) in [6, 6.07) is 61.1. The van der Waals surface area contributed by atoms with Gasteiger partial charge < -0.3 is 4.90 Å². The molecule has 0 saturated heterocycles. The first kappa shape index (κ1) is 29.9. The fraction of sp³-hybridized carbons (Fsp3) is 0.0612. The van der Waals surface area contributed by atoms with Gasteiger partial charge in [-0.2, -0.15) is 0 Å². The number of nitrogens with zero attached hydrogens (tertiary/aromatic N) is 1. The number of fused-ring (bicyclic) bond motifs is 11. The molecule has 3 heteroatoms. The van der Waals surface area contributed by atoms with Crippen molar-refractivity contribution in [1.82, 2.24) is 0 Å². The van der Waals surface area contributed by atoms with Gasteiger partial charge in [-0.25, -0.2) is 0 Å². The number of hydrogen-bond acceptors (Lipinski definition) is 3. The zero-order chi connectivity index (χ0) is 34.6. The highest BCUT2D eigenvalue weighted by atomic mass is 32.1. The lowest BCUT2D eigenvalue weighted by Crippen LogP contribution is -2.16. The van der Waals surface area contributed by atoms with Gasteiger partial charge >= 0.3 is 0 Å². The molecule has 8 aromatic carbocycles. The number of thiophene rings is 2. The Hall–Kier alpha value is -5.74. The van der Waals surface area contributed by atoms with Crippen molar-refractivity contribution in [3.63, 3.8) is 0 Å². The molecule has 0 unspecified atom stereocenters. The number of benzene rings is 8. The van der Waals surface area contributed by atoms with E-state index in [1.807, 2.05) is 22.7 Å². The van der Waals surface area contributed by atoms with Crippen molar-refractivity contribution in [2.45, 2.75) is 19.3 Å².